The van der Waals surface area contributed by atoms with Crippen LogP contribution >= 0.6 is 23.1 Å². The highest BCUT2D eigenvalue weighted by Crippen LogP contribution is 2.40. The smallest absolute Gasteiger partial charge is 0.0718 e. The SMILES string of the molecule is C1=Cc2ccsc2Sc2ccccc21. The molecule has 1 aliphatic rings. The van der Waals surface area contributed by atoms with Gasteiger partial charge in [0.2, 0.25) is 0 Å². The largest absolute Gasteiger partial charge is 0.136 e. The lowest BCUT2D eigenvalue weighted by molar-refractivity contribution is 1.43. The van der Waals surface area contributed by atoms with Crippen molar-refractivity contribution < 1.29 is 0 Å². The molecular weight excluding hydrogens is 208 g/mol. The zero-order chi connectivity index (χ0) is 9.38. The Morgan fingerprint density at radius 2 is 1.71 bits per heavy atom. The summed E-state index contributed by atoms with van der Waals surface area (Å²) in [6.07, 6.45) is 4.39. The maximum atomic E-state index is 2.20. The second-order valence-corrected chi connectivity index (χ2v) is 5.36. The molecule has 14 heavy (non-hydrogen) atoms. The third kappa shape index (κ3) is 1.31. The first-order chi connectivity index (χ1) is 6.93. The quantitative estimate of drug-likeness (QED) is 0.537. The van der Waals surface area contributed by atoms with Crippen LogP contribution in [0.3, 0.4) is 0 Å². The molecule has 2 heterocycles. The molecule has 0 unspecified atom stereocenters. The van der Waals surface area contributed by atoms with Gasteiger partial charge in [0.25, 0.3) is 0 Å². The summed E-state index contributed by atoms with van der Waals surface area (Å²) in [6.45, 7) is 0. The molecule has 0 N–H and O–H groups in total. The lowest BCUT2D eigenvalue weighted by Gasteiger charge is -2.00. The zero-order valence-electron chi connectivity index (χ0n) is 7.44. The molecule has 1 aliphatic heterocycles. The second-order valence-electron chi connectivity index (χ2n) is 3.14. The summed E-state index contributed by atoms with van der Waals surface area (Å²) in [4.78, 5) is 1.35. The molecule has 0 atom stereocenters. The zero-order valence-corrected chi connectivity index (χ0v) is 9.07. The number of benzene rings is 1. The van der Waals surface area contributed by atoms with Gasteiger partial charge in [0.15, 0.2) is 0 Å². The molecule has 2 heteroatoms. The van der Waals surface area contributed by atoms with Crippen LogP contribution in [-0.2, 0) is 0 Å². The van der Waals surface area contributed by atoms with E-state index in [1.807, 2.05) is 23.1 Å². The number of hydrogen-bond acceptors (Lipinski definition) is 2. The summed E-state index contributed by atoms with van der Waals surface area (Å²) >= 11 is 3.68. The van der Waals surface area contributed by atoms with E-state index in [9.17, 15) is 0 Å². The van der Waals surface area contributed by atoms with Crippen LogP contribution in [-0.4, -0.2) is 0 Å². The molecule has 0 bridgehead atoms. The molecule has 0 radical (unpaired) electrons. The molecule has 0 saturated carbocycles. The molecule has 1 aromatic carbocycles. The van der Waals surface area contributed by atoms with Crippen molar-refractivity contribution in [1.82, 2.24) is 0 Å². The fraction of sp³-hybridized carbons (Fsp3) is 0. The fourth-order valence-electron chi connectivity index (χ4n) is 1.50. The Hall–Kier alpha value is -0.990. The topological polar surface area (TPSA) is 0 Å². The van der Waals surface area contributed by atoms with Crippen LogP contribution < -0.4 is 0 Å². The van der Waals surface area contributed by atoms with Crippen molar-refractivity contribution in [3.63, 3.8) is 0 Å². The maximum Gasteiger partial charge on any atom is 0.0718 e. The van der Waals surface area contributed by atoms with Crippen LogP contribution in [0.1, 0.15) is 11.1 Å². The van der Waals surface area contributed by atoms with E-state index in [1.165, 1.54) is 20.2 Å². The Labute approximate surface area is 91.3 Å². The summed E-state index contributed by atoms with van der Waals surface area (Å²) in [5, 5.41) is 2.15. The standard InChI is InChI=1S/C12H8S2/c1-2-4-11-9(3-1)5-6-10-7-8-13-12(10)14-11/h1-8H. The highest BCUT2D eigenvalue weighted by molar-refractivity contribution is 8.01. The number of rotatable bonds is 0. The monoisotopic (exact) mass is 216 g/mol. The lowest BCUT2D eigenvalue weighted by atomic mass is 10.2. The molecule has 3 rings (SSSR count). The van der Waals surface area contributed by atoms with Crippen LogP contribution in [0.25, 0.3) is 12.2 Å². The fourth-order valence-corrected chi connectivity index (χ4v) is 3.60. The molecule has 0 amide bonds. The van der Waals surface area contributed by atoms with Gasteiger partial charge < -0.3 is 0 Å². The summed E-state index contributed by atoms with van der Waals surface area (Å²) in [5.74, 6) is 0. The van der Waals surface area contributed by atoms with Gasteiger partial charge in [-0.15, -0.1) is 11.3 Å². The molecule has 68 valence electrons. The predicted molar refractivity (Wildman–Crippen MR) is 63.8 cm³/mol. The van der Waals surface area contributed by atoms with E-state index >= 15 is 0 Å². The van der Waals surface area contributed by atoms with Gasteiger partial charge in [-0.1, -0.05) is 42.1 Å². The first-order valence-corrected chi connectivity index (χ1v) is 6.15. The molecule has 0 fully saturated rings. The number of hydrogen-bond donors (Lipinski definition) is 0. The average Bonchev–Trinajstić information content (AvgIpc) is 2.58. The van der Waals surface area contributed by atoms with E-state index in [-0.39, 0.29) is 0 Å². The Morgan fingerprint density at radius 1 is 0.857 bits per heavy atom. The summed E-state index contributed by atoms with van der Waals surface area (Å²) in [6, 6.07) is 10.7. The minimum atomic E-state index is 1.32. The molecule has 0 spiro atoms. The third-order valence-corrected chi connectivity index (χ3v) is 4.50. The molecule has 2 aromatic rings. The van der Waals surface area contributed by atoms with Gasteiger partial charge in [-0.3, -0.25) is 0 Å². The van der Waals surface area contributed by atoms with Gasteiger partial charge in [0.05, 0.1) is 4.21 Å². The van der Waals surface area contributed by atoms with Crippen molar-refractivity contribution >= 4 is 35.3 Å². The van der Waals surface area contributed by atoms with E-state index in [1.54, 1.807) is 0 Å². The molecular formula is C12H8S2. The van der Waals surface area contributed by atoms with Gasteiger partial charge in [0, 0.05) is 4.90 Å². The van der Waals surface area contributed by atoms with Crippen molar-refractivity contribution in [3.05, 3.63) is 46.8 Å². The van der Waals surface area contributed by atoms with Gasteiger partial charge in [-0.05, 0) is 28.6 Å². The average molecular weight is 216 g/mol. The van der Waals surface area contributed by atoms with Crippen LogP contribution in [0, 0.1) is 0 Å². The maximum absolute atomic E-state index is 2.20. The Kier molecular flexibility index (Phi) is 1.96. The van der Waals surface area contributed by atoms with Crippen molar-refractivity contribution in [1.29, 1.82) is 0 Å². The Balaban J connectivity index is 2.19. The minimum absolute atomic E-state index is 1.32. The second kappa shape index (κ2) is 3.30. The summed E-state index contributed by atoms with van der Waals surface area (Å²) in [7, 11) is 0. The molecule has 0 saturated heterocycles. The number of fused-ring (bicyclic) bond motifs is 2. The van der Waals surface area contributed by atoms with Crippen LogP contribution in [0.15, 0.2) is 44.8 Å². The van der Waals surface area contributed by atoms with Crippen molar-refractivity contribution in [2.24, 2.45) is 0 Å². The van der Waals surface area contributed by atoms with Crippen molar-refractivity contribution in [2.45, 2.75) is 9.10 Å². The first-order valence-electron chi connectivity index (χ1n) is 4.46. The van der Waals surface area contributed by atoms with Gasteiger partial charge >= 0.3 is 0 Å². The van der Waals surface area contributed by atoms with Crippen molar-refractivity contribution in [3.8, 4) is 0 Å². The predicted octanol–water partition coefficient (Wildman–Crippen LogP) is 4.38. The Morgan fingerprint density at radius 3 is 2.71 bits per heavy atom. The third-order valence-electron chi connectivity index (χ3n) is 2.22. The lowest BCUT2D eigenvalue weighted by Crippen LogP contribution is -1.74. The highest BCUT2D eigenvalue weighted by atomic mass is 32.2. The Bertz CT molecular complexity index is 495. The summed E-state index contributed by atoms with van der Waals surface area (Å²) < 4.78 is 1.39. The molecule has 0 nitrogen and oxygen atoms in total. The van der Waals surface area contributed by atoms with E-state index in [0.717, 1.165) is 0 Å². The first kappa shape index (κ1) is 8.33. The van der Waals surface area contributed by atoms with E-state index in [4.69, 9.17) is 0 Å². The van der Waals surface area contributed by atoms with E-state index in [0.29, 0.717) is 0 Å². The minimum Gasteiger partial charge on any atom is -0.136 e. The van der Waals surface area contributed by atoms with Crippen LogP contribution in [0.2, 0.25) is 0 Å². The van der Waals surface area contributed by atoms with E-state index < -0.39 is 0 Å². The molecule has 0 aliphatic carbocycles. The normalized spacial score (nSPS) is 13.1. The highest BCUT2D eigenvalue weighted by Gasteiger charge is 2.09. The van der Waals surface area contributed by atoms with Gasteiger partial charge in [-0.2, -0.15) is 0 Å². The van der Waals surface area contributed by atoms with Crippen LogP contribution in [0.5, 0.6) is 0 Å². The number of thiophene rings is 1. The van der Waals surface area contributed by atoms with E-state index in [2.05, 4.69) is 47.9 Å². The van der Waals surface area contributed by atoms with Crippen molar-refractivity contribution in [2.75, 3.05) is 0 Å². The van der Waals surface area contributed by atoms with Gasteiger partial charge in [-0.25, -0.2) is 0 Å². The van der Waals surface area contributed by atoms with Gasteiger partial charge in [0.1, 0.15) is 0 Å². The summed E-state index contributed by atoms with van der Waals surface area (Å²) in [5.41, 5.74) is 2.66. The molecule has 1 aromatic heterocycles. The van der Waals surface area contributed by atoms with Crippen LogP contribution in [0.4, 0.5) is 0 Å².